The van der Waals surface area contributed by atoms with Crippen LogP contribution in [-0.2, 0) is 9.59 Å². The maximum Gasteiger partial charge on any atom is 0.325 e. The second-order valence-electron chi connectivity index (χ2n) is 4.04. The number of carboxylic acids is 1. The van der Waals surface area contributed by atoms with Crippen LogP contribution >= 0.6 is 15.9 Å². The lowest BCUT2D eigenvalue weighted by Gasteiger charge is -2.09. The molecule has 1 amide bonds. The molecule has 6 heteroatoms. The molecule has 0 bridgehead atoms. The first-order valence-corrected chi connectivity index (χ1v) is 6.69. The van der Waals surface area contributed by atoms with E-state index < -0.39 is 12.0 Å². The molecule has 1 rings (SSSR count). The van der Waals surface area contributed by atoms with Gasteiger partial charge in [0.05, 0.1) is 6.61 Å². The third kappa shape index (κ3) is 6.24. The van der Waals surface area contributed by atoms with Gasteiger partial charge in [-0.1, -0.05) is 22.0 Å². The Kier molecular flexibility index (Phi) is 6.35. The number of hydrogen-bond donors (Lipinski definition) is 2. The van der Waals surface area contributed by atoms with Gasteiger partial charge in [-0.25, -0.2) is 0 Å². The van der Waals surface area contributed by atoms with Crippen LogP contribution in [0, 0.1) is 0 Å². The van der Waals surface area contributed by atoms with Gasteiger partial charge in [0.2, 0.25) is 5.91 Å². The Balaban J connectivity index is 2.20. The zero-order valence-electron chi connectivity index (χ0n) is 10.6. The van der Waals surface area contributed by atoms with Gasteiger partial charge in [0.25, 0.3) is 0 Å². The summed E-state index contributed by atoms with van der Waals surface area (Å²) in [6.45, 7) is 1.84. The Morgan fingerprint density at radius 1 is 1.47 bits per heavy atom. The van der Waals surface area contributed by atoms with Crippen LogP contribution in [-0.4, -0.2) is 29.6 Å². The van der Waals surface area contributed by atoms with Gasteiger partial charge in [-0.05, 0) is 31.5 Å². The first kappa shape index (κ1) is 15.5. The van der Waals surface area contributed by atoms with E-state index in [-0.39, 0.29) is 12.3 Å². The summed E-state index contributed by atoms with van der Waals surface area (Å²) in [4.78, 5) is 21.9. The minimum absolute atomic E-state index is 0.242. The van der Waals surface area contributed by atoms with E-state index in [0.29, 0.717) is 13.0 Å². The average molecular weight is 330 g/mol. The Morgan fingerprint density at radius 2 is 2.21 bits per heavy atom. The number of rotatable bonds is 7. The summed E-state index contributed by atoms with van der Waals surface area (Å²) in [6, 6.07) is 6.57. The Hall–Kier alpha value is -1.56. The molecule has 1 unspecified atom stereocenters. The van der Waals surface area contributed by atoms with Crippen molar-refractivity contribution in [3.8, 4) is 5.75 Å². The highest BCUT2D eigenvalue weighted by Crippen LogP contribution is 2.17. The molecule has 0 spiro atoms. The molecule has 0 fully saturated rings. The molecule has 5 nitrogen and oxygen atoms in total. The summed E-state index contributed by atoms with van der Waals surface area (Å²) in [5.41, 5.74) is 0. The van der Waals surface area contributed by atoms with Crippen LogP contribution in [0.3, 0.4) is 0 Å². The average Bonchev–Trinajstić information content (AvgIpc) is 2.34. The normalized spacial score (nSPS) is 11.7. The fourth-order valence-electron chi connectivity index (χ4n) is 1.35. The van der Waals surface area contributed by atoms with E-state index in [1.54, 1.807) is 0 Å². The lowest BCUT2D eigenvalue weighted by atomic mass is 10.2. The third-order valence-electron chi connectivity index (χ3n) is 2.36. The third-order valence-corrected chi connectivity index (χ3v) is 2.85. The Labute approximate surface area is 120 Å². The van der Waals surface area contributed by atoms with Crippen LogP contribution in [0.5, 0.6) is 5.75 Å². The van der Waals surface area contributed by atoms with Crippen LogP contribution in [0.2, 0.25) is 0 Å². The summed E-state index contributed by atoms with van der Waals surface area (Å²) in [6.07, 6.45) is 0.774. The molecule has 19 heavy (non-hydrogen) atoms. The van der Waals surface area contributed by atoms with Crippen molar-refractivity contribution in [1.29, 1.82) is 0 Å². The highest BCUT2D eigenvalue weighted by Gasteiger charge is 2.13. The number of carboxylic acid groups (broad SMARTS) is 1. The number of hydrogen-bond acceptors (Lipinski definition) is 3. The number of benzene rings is 1. The Bertz CT molecular complexity index is 450. The van der Waals surface area contributed by atoms with Gasteiger partial charge >= 0.3 is 5.97 Å². The number of aliphatic carboxylic acids is 1. The second kappa shape index (κ2) is 7.78. The van der Waals surface area contributed by atoms with Crippen LogP contribution in [0.15, 0.2) is 28.7 Å². The van der Waals surface area contributed by atoms with Crippen molar-refractivity contribution < 1.29 is 19.4 Å². The van der Waals surface area contributed by atoms with Crippen LogP contribution < -0.4 is 10.1 Å². The largest absolute Gasteiger partial charge is 0.494 e. The minimum atomic E-state index is -1.04. The predicted octanol–water partition coefficient (Wildman–Crippen LogP) is 2.20. The molecule has 1 aromatic carbocycles. The fourth-order valence-corrected chi connectivity index (χ4v) is 1.73. The predicted molar refractivity (Wildman–Crippen MR) is 74.1 cm³/mol. The second-order valence-corrected chi connectivity index (χ2v) is 4.95. The molecule has 0 radical (unpaired) electrons. The van der Waals surface area contributed by atoms with Crippen molar-refractivity contribution >= 4 is 27.8 Å². The molecule has 0 saturated heterocycles. The van der Waals surface area contributed by atoms with Crippen molar-refractivity contribution in [3.63, 3.8) is 0 Å². The molecule has 1 atom stereocenters. The van der Waals surface area contributed by atoms with Crippen LogP contribution in [0.25, 0.3) is 0 Å². The number of halogens is 1. The van der Waals surface area contributed by atoms with E-state index in [2.05, 4.69) is 21.2 Å². The summed E-state index contributed by atoms with van der Waals surface area (Å²) < 4.78 is 6.39. The first-order chi connectivity index (χ1) is 8.99. The summed E-state index contributed by atoms with van der Waals surface area (Å²) >= 11 is 3.34. The Morgan fingerprint density at radius 3 is 2.84 bits per heavy atom. The molecular formula is C13H16BrNO4. The summed E-state index contributed by atoms with van der Waals surface area (Å²) in [5, 5.41) is 11.0. The quantitative estimate of drug-likeness (QED) is 0.752. The van der Waals surface area contributed by atoms with Crippen molar-refractivity contribution in [3.05, 3.63) is 28.7 Å². The van der Waals surface area contributed by atoms with Gasteiger partial charge in [0.15, 0.2) is 0 Å². The van der Waals surface area contributed by atoms with E-state index >= 15 is 0 Å². The van der Waals surface area contributed by atoms with E-state index in [0.717, 1.165) is 10.2 Å². The molecule has 0 aliphatic heterocycles. The fraction of sp³-hybridized carbons (Fsp3) is 0.385. The highest BCUT2D eigenvalue weighted by atomic mass is 79.9. The van der Waals surface area contributed by atoms with E-state index in [1.807, 2.05) is 24.3 Å². The van der Waals surface area contributed by atoms with Gasteiger partial charge < -0.3 is 15.2 Å². The van der Waals surface area contributed by atoms with Crippen molar-refractivity contribution in [2.24, 2.45) is 0 Å². The first-order valence-electron chi connectivity index (χ1n) is 5.89. The summed E-state index contributed by atoms with van der Waals surface area (Å²) in [7, 11) is 0. The lowest BCUT2D eigenvalue weighted by Crippen LogP contribution is -2.38. The van der Waals surface area contributed by atoms with Crippen molar-refractivity contribution in [2.75, 3.05) is 6.61 Å². The van der Waals surface area contributed by atoms with E-state index in [4.69, 9.17) is 9.84 Å². The van der Waals surface area contributed by atoms with Crippen LogP contribution in [0.1, 0.15) is 19.8 Å². The van der Waals surface area contributed by atoms with Crippen LogP contribution in [0.4, 0.5) is 0 Å². The number of nitrogens with one attached hydrogen (secondary N) is 1. The van der Waals surface area contributed by atoms with Crippen molar-refractivity contribution in [1.82, 2.24) is 5.32 Å². The lowest BCUT2D eigenvalue weighted by molar-refractivity contribution is -0.141. The number of amides is 1. The van der Waals surface area contributed by atoms with Gasteiger partial charge in [0.1, 0.15) is 11.8 Å². The smallest absolute Gasteiger partial charge is 0.325 e. The maximum absolute atomic E-state index is 11.4. The number of carbonyl (C=O) groups excluding carboxylic acids is 1. The highest BCUT2D eigenvalue weighted by molar-refractivity contribution is 9.10. The summed E-state index contributed by atoms with van der Waals surface area (Å²) in [5.74, 6) is -0.597. The minimum Gasteiger partial charge on any atom is -0.494 e. The SMILES string of the molecule is CC(NC(=O)CCCOc1cccc(Br)c1)C(=O)O. The molecule has 104 valence electrons. The van der Waals surface area contributed by atoms with Gasteiger partial charge in [0, 0.05) is 10.9 Å². The maximum atomic E-state index is 11.4. The molecule has 0 aliphatic carbocycles. The molecule has 0 aliphatic rings. The molecule has 0 heterocycles. The molecule has 2 N–H and O–H groups in total. The number of carbonyl (C=O) groups is 2. The molecule has 0 saturated carbocycles. The monoisotopic (exact) mass is 329 g/mol. The zero-order chi connectivity index (χ0) is 14.3. The van der Waals surface area contributed by atoms with Gasteiger partial charge in [-0.15, -0.1) is 0 Å². The van der Waals surface area contributed by atoms with E-state index in [9.17, 15) is 9.59 Å². The molecule has 1 aromatic rings. The molecular weight excluding hydrogens is 314 g/mol. The topological polar surface area (TPSA) is 75.6 Å². The van der Waals surface area contributed by atoms with Gasteiger partial charge in [-0.2, -0.15) is 0 Å². The zero-order valence-corrected chi connectivity index (χ0v) is 12.1. The van der Waals surface area contributed by atoms with Crippen molar-refractivity contribution in [2.45, 2.75) is 25.8 Å². The van der Waals surface area contributed by atoms with Gasteiger partial charge in [-0.3, -0.25) is 9.59 Å². The molecule has 0 aromatic heterocycles. The number of ether oxygens (including phenoxy) is 1. The van der Waals surface area contributed by atoms with E-state index in [1.165, 1.54) is 6.92 Å². The standard InChI is InChI=1S/C13H16BrNO4/c1-9(13(17)18)15-12(16)6-3-7-19-11-5-2-4-10(14)8-11/h2,4-5,8-9H,3,6-7H2,1H3,(H,15,16)(H,17,18).